The number of piperazine rings is 1. The van der Waals surface area contributed by atoms with Crippen molar-refractivity contribution in [3.05, 3.63) is 39.9 Å². The van der Waals surface area contributed by atoms with Crippen LogP contribution in [0, 0.1) is 10.1 Å². The Morgan fingerprint density at radius 3 is 2.44 bits per heavy atom. The standard InChI is InChI=1S/C16H15N3O7S/c1-17-12(20)13(21)18-8-7-11(16(18,27-2)15(17)23)26-14(22)9-3-5-10(6-4-9)19(24)25/h3-6,11H,7-8H2,1-2H3/t11-,16-/m1/s1. The van der Waals surface area contributed by atoms with E-state index in [4.69, 9.17) is 4.74 Å². The van der Waals surface area contributed by atoms with Gasteiger partial charge in [-0.25, -0.2) is 4.79 Å². The van der Waals surface area contributed by atoms with Gasteiger partial charge >= 0.3 is 17.8 Å². The van der Waals surface area contributed by atoms with Gasteiger partial charge in [-0.05, 0) is 18.4 Å². The second-order valence-corrected chi connectivity index (χ2v) is 7.04. The highest BCUT2D eigenvalue weighted by atomic mass is 32.2. The topological polar surface area (TPSA) is 127 Å². The van der Waals surface area contributed by atoms with E-state index in [0.29, 0.717) is 0 Å². The Kier molecular flexibility index (Phi) is 4.64. The number of rotatable bonds is 4. The van der Waals surface area contributed by atoms with Crippen LogP contribution in [-0.4, -0.2) is 69.2 Å². The van der Waals surface area contributed by atoms with E-state index in [1.807, 2.05) is 0 Å². The molecule has 0 saturated carbocycles. The van der Waals surface area contributed by atoms with E-state index in [9.17, 15) is 29.3 Å². The lowest BCUT2D eigenvalue weighted by atomic mass is 10.1. The molecule has 2 fully saturated rings. The molecule has 1 aromatic rings. The number of thioether (sulfide) groups is 1. The number of ether oxygens (including phenoxy) is 1. The highest BCUT2D eigenvalue weighted by molar-refractivity contribution is 8.00. The minimum absolute atomic E-state index is 0.0781. The fourth-order valence-corrected chi connectivity index (χ4v) is 4.40. The van der Waals surface area contributed by atoms with E-state index in [0.717, 1.165) is 21.6 Å². The number of nitro benzene ring substituents is 1. The average Bonchev–Trinajstić information content (AvgIpc) is 3.04. The van der Waals surface area contributed by atoms with Crippen LogP contribution in [-0.2, 0) is 19.1 Å². The van der Waals surface area contributed by atoms with Crippen LogP contribution in [0.15, 0.2) is 24.3 Å². The van der Waals surface area contributed by atoms with Gasteiger partial charge < -0.3 is 9.64 Å². The highest BCUT2D eigenvalue weighted by Gasteiger charge is 2.64. The molecule has 3 rings (SSSR count). The maximum absolute atomic E-state index is 12.8. The molecule has 2 aliphatic heterocycles. The van der Waals surface area contributed by atoms with Crippen molar-refractivity contribution in [1.29, 1.82) is 0 Å². The third-order valence-electron chi connectivity index (χ3n) is 4.67. The fraction of sp³-hybridized carbons (Fsp3) is 0.375. The molecule has 2 heterocycles. The van der Waals surface area contributed by atoms with Gasteiger partial charge in [-0.15, -0.1) is 11.8 Å². The Bertz CT molecular complexity index is 856. The number of benzene rings is 1. The van der Waals surface area contributed by atoms with Gasteiger partial charge in [-0.2, -0.15) is 0 Å². The maximum atomic E-state index is 12.8. The Hall–Kier alpha value is -2.95. The number of hydrogen-bond donors (Lipinski definition) is 0. The SMILES string of the molecule is CS[C@]12C(=O)N(C)C(=O)C(=O)N1CC[C@H]2OC(=O)c1ccc([N+](=O)[O-])cc1. The van der Waals surface area contributed by atoms with E-state index in [-0.39, 0.29) is 24.2 Å². The minimum atomic E-state index is -1.50. The van der Waals surface area contributed by atoms with Crippen molar-refractivity contribution >= 4 is 41.1 Å². The first-order chi connectivity index (χ1) is 12.7. The van der Waals surface area contributed by atoms with Crippen LogP contribution >= 0.6 is 11.8 Å². The zero-order valence-corrected chi connectivity index (χ0v) is 15.2. The zero-order valence-electron chi connectivity index (χ0n) is 14.4. The van der Waals surface area contributed by atoms with Gasteiger partial charge in [0.1, 0.15) is 6.10 Å². The van der Waals surface area contributed by atoms with E-state index >= 15 is 0 Å². The molecule has 2 saturated heterocycles. The number of likely N-dealkylation sites (N-methyl/N-ethyl adjacent to an activating group) is 1. The summed E-state index contributed by atoms with van der Waals surface area (Å²) < 4.78 is 5.48. The maximum Gasteiger partial charge on any atom is 0.338 e. The van der Waals surface area contributed by atoms with Crippen molar-refractivity contribution in [2.75, 3.05) is 19.8 Å². The molecule has 11 heteroatoms. The fourth-order valence-electron chi connectivity index (χ4n) is 3.26. The molecular weight excluding hydrogens is 378 g/mol. The molecule has 0 radical (unpaired) electrons. The first-order valence-electron chi connectivity index (χ1n) is 7.88. The van der Waals surface area contributed by atoms with Crippen LogP contribution in [0.3, 0.4) is 0 Å². The lowest BCUT2D eigenvalue weighted by molar-refractivity contribution is -0.384. The number of fused-ring (bicyclic) bond motifs is 1. The molecule has 0 aliphatic carbocycles. The summed E-state index contributed by atoms with van der Waals surface area (Å²) in [5.74, 6) is -3.14. The third kappa shape index (κ3) is 2.74. The van der Waals surface area contributed by atoms with E-state index in [1.165, 1.54) is 31.3 Å². The highest BCUT2D eigenvalue weighted by Crippen LogP contribution is 2.44. The summed E-state index contributed by atoms with van der Waals surface area (Å²) in [5.41, 5.74) is -0.0957. The van der Waals surface area contributed by atoms with E-state index in [2.05, 4.69) is 0 Å². The quantitative estimate of drug-likeness (QED) is 0.237. The number of amides is 3. The number of nitro groups is 1. The van der Waals surface area contributed by atoms with Gasteiger partial charge in [0.15, 0.2) is 0 Å². The summed E-state index contributed by atoms with van der Waals surface area (Å²) in [4.78, 5) is 59.9. The van der Waals surface area contributed by atoms with Crippen LogP contribution in [0.1, 0.15) is 16.8 Å². The first-order valence-corrected chi connectivity index (χ1v) is 9.11. The summed E-state index contributed by atoms with van der Waals surface area (Å²) >= 11 is 1.03. The van der Waals surface area contributed by atoms with Gasteiger partial charge in [0.05, 0.1) is 10.5 Å². The largest absolute Gasteiger partial charge is 0.455 e. The number of carbonyl (C=O) groups is 4. The minimum Gasteiger partial charge on any atom is -0.455 e. The van der Waals surface area contributed by atoms with Gasteiger partial charge in [0.25, 0.3) is 11.6 Å². The predicted molar refractivity (Wildman–Crippen MR) is 92.7 cm³/mol. The molecule has 142 valence electrons. The van der Waals surface area contributed by atoms with E-state index in [1.54, 1.807) is 6.26 Å². The zero-order chi connectivity index (χ0) is 19.9. The summed E-state index contributed by atoms with van der Waals surface area (Å²) in [6.07, 6.45) is 0.833. The summed E-state index contributed by atoms with van der Waals surface area (Å²) in [7, 11) is 1.21. The number of imide groups is 1. The molecule has 0 spiro atoms. The molecule has 27 heavy (non-hydrogen) atoms. The summed E-state index contributed by atoms with van der Waals surface area (Å²) in [6, 6.07) is 4.85. The number of esters is 1. The van der Waals surface area contributed by atoms with Crippen molar-refractivity contribution < 1.29 is 28.8 Å². The third-order valence-corrected chi connectivity index (χ3v) is 5.95. The van der Waals surface area contributed by atoms with Crippen LogP contribution in [0.2, 0.25) is 0 Å². The van der Waals surface area contributed by atoms with Gasteiger partial charge in [-0.3, -0.25) is 29.4 Å². The molecule has 0 N–H and O–H groups in total. The predicted octanol–water partition coefficient (Wildman–Crippen LogP) is 0.410. The number of nitrogens with zero attached hydrogens (tertiary/aromatic N) is 3. The van der Waals surface area contributed by atoms with E-state index < -0.39 is 39.6 Å². The van der Waals surface area contributed by atoms with Crippen LogP contribution in [0.25, 0.3) is 0 Å². The molecule has 0 unspecified atom stereocenters. The lowest BCUT2D eigenvalue weighted by Crippen LogP contribution is -2.68. The molecule has 0 aromatic heterocycles. The van der Waals surface area contributed by atoms with Crippen molar-refractivity contribution in [3.63, 3.8) is 0 Å². The smallest absolute Gasteiger partial charge is 0.338 e. The number of non-ortho nitro benzene ring substituents is 1. The van der Waals surface area contributed by atoms with Crippen LogP contribution in [0.5, 0.6) is 0 Å². The average molecular weight is 393 g/mol. The molecule has 10 nitrogen and oxygen atoms in total. The van der Waals surface area contributed by atoms with Crippen LogP contribution < -0.4 is 0 Å². The van der Waals surface area contributed by atoms with Gasteiger partial charge in [-0.1, -0.05) is 0 Å². The lowest BCUT2D eigenvalue weighted by Gasteiger charge is -2.43. The Balaban J connectivity index is 1.87. The Labute approximate surface area is 157 Å². The Morgan fingerprint density at radius 2 is 1.89 bits per heavy atom. The first kappa shape index (κ1) is 18.8. The monoisotopic (exact) mass is 393 g/mol. The Morgan fingerprint density at radius 1 is 1.26 bits per heavy atom. The molecule has 3 amide bonds. The van der Waals surface area contributed by atoms with Crippen molar-refractivity contribution in [2.45, 2.75) is 17.4 Å². The van der Waals surface area contributed by atoms with Crippen molar-refractivity contribution in [3.8, 4) is 0 Å². The molecule has 2 aliphatic rings. The number of hydrogen-bond acceptors (Lipinski definition) is 8. The summed E-state index contributed by atoms with van der Waals surface area (Å²) in [6.45, 7) is 0.100. The molecule has 2 atom stereocenters. The number of carbonyl (C=O) groups excluding carboxylic acids is 4. The van der Waals surface area contributed by atoms with Gasteiger partial charge in [0.2, 0.25) is 4.87 Å². The second kappa shape index (κ2) is 6.65. The normalized spacial score (nSPS) is 24.8. The summed E-state index contributed by atoms with van der Waals surface area (Å²) in [5, 5.41) is 10.7. The van der Waals surface area contributed by atoms with Crippen molar-refractivity contribution in [1.82, 2.24) is 9.80 Å². The van der Waals surface area contributed by atoms with Crippen molar-refractivity contribution in [2.24, 2.45) is 0 Å². The van der Waals surface area contributed by atoms with Crippen LogP contribution in [0.4, 0.5) is 5.69 Å². The van der Waals surface area contributed by atoms with Gasteiger partial charge in [0, 0.05) is 32.1 Å². The molecule has 1 aromatic carbocycles. The molecular formula is C16H15N3O7S. The second-order valence-electron chi connectivity index (χ2n) is 6.01. The molecule has 0 bridgehead atoms.